The number of para-hydroxylation sites is 1. The predicted molar refractivity (Wildman–Crippen MR) is 90.0 cm³/mol. The Labute approximate surface area is 136 Å². The summed E-state index contributed by atoms with van der Waals surface area (Å²) in [7, 11) is 0. The van der Waals surface area contributed by atoms with Crippen molar-refractivity contribution >= 4 is 16.9 Å². The second-order valence-electron chi connectivity index (χ2n) is 5.26. The topological polar surface area (TPSA) is 145 Å². The van der Waals surface area contributed by atoms with Crippen molar-refractivity contribution < 1.29 is 9.90 Å². The van der Waals surface area contributed by atoms with Crippen LogP contribution in [0.15, 0.2) is 46.2 Å². The molecule has 0 saturated carbocycles. The van der Waals surface area contributed by atoms with Gasteiger partial charge < -0.3 is 20.8 Å². The highest BCUT2D eigenvalue weighted by atomic mass is 16.4. The molecule has 0 bridgehead atoms. The zero-order valence-electron chi connectivity index (χ0n) is 13.0. The van der Waals surface area contributed by atoms with Crippen molar-refractivity contribution in [3.8, 4) is 0 Å². The molecule has 0 fully saturated rings. The van der Waals surface area contributed by atoms with Gasteiger partial charge >= 0.3 is 11.7 Å². The molecule has 6 N–H and O–H groups in total. The summed E-state index contributed by atoms with van der Waals surface area (Å²) >= 11 is 0. The van der Waals surface area contributed by atoms with Gasteiger partial charge in [0.25, 0.3) is 5.56 Å². The van der Waals surface area contributed by atoms with E-state index < -0.39 is 17.7 Å². The van der Waals surface area contributed by atoms with Crippen LogP contribution in [-0.2, 0) is 11.2 Å². The highest BCUT2D eigenvalue weighted by Crippen LogP contribution is 2.18. The number of aryl methyl sites for hydroxylation is 1. The first-order valence-electron chi connectivity index (χ1n) is 7.20. The molecule has 0 amide bonds. The highest BCUT2D eigenvalue weighted by Gasteiger charge is 2.14. The van der Waals surface area contributed by atoms with E-state index in [0.29, 0.717) is 12.0 Å². The predicted octanol–water partition coefficient (Wildman–Crippen LogP) is 0.494. The zero-order chi connectivity index (χ0) is 17.7. The maximum Gasteiger partial charge on any atom is 0.325 e. The van der Waals surface area contributed by atoms with Gasteiger partial charge in [0.15, 0.2) is 0 Å². The van der Waals surface area contributed by atoms with E-state index in [1.165, 1.54) is 6.20 Å². The third-order valence-corrected chi connectivity index (χ3v) is 3.44. The van der Waals surface area contributed by atoms with E-state index in [1.807, 2.05) is 30.5 Å². The quantitative estimate of drug-likeness (QED) is 0.474. The fourth-order valence-corrected chi connectivity index (χ4v) is 2.10. The van der Waals surface area contributed by atoms with Crippen molar-refractivity contribution in [3.05, 3.63) is 68.6 Å². The molecule has 0 aliphatic carbocycles. The molecule has 8 heteroatoms. The van der Waals surface area contributed by atoms with E-state index in [9.17, 15) is 14.4 Å². The van der Waals surface area contributed by atoms with Gasteiger partial charge in [-0.25, -0.2) is 4.79 Å². The van der Waals surface area contributed by atoms with E-state index >= 15 is 0 Å². The first-order chi connectivity index (χ1) is 11.4. The number of aromatic nitrogens is 3. The molecule has 0 unspecified atom stereocenters. The maximum atomic E-state index is 10.6. The number of H-pyrrole nitrogens is 3. The number of hydrogen-bond acceptors (Lipinski definition) is 4. The number of rotatable bonds is 3. The summed E-state index contributed by atoms with van der Waals surface area (Å²) in [5.74, 6) is -0.972. The number of nitrogens with two attached hydrogens (primary N) is 1. The van der Waals surface area contributed by atoms with Crippen molar-refractivity contribution in [1.29, 1.82) is 0 Å². The van der Waals surface area contributed by atoms with Crippen molar-refractivity contribution in [2.75, 3.05) is 0 Å². The molecule has 8 nitrogen and oxygen atoms in total. The molecular weight excluding hydrogens is 312 g/mol. The first kappa shape index (κ1) is 17.2. The average molecular weight is 330 g/mol. The number of carboxylic acids is 1. The Hall–Kier alpha value is -3.13. The van der Waals surface area contributed by atoms with Gasteiger partial charge in [-0.3, -0.25) is 14.6 Å². The minimum atomic E-state index is -0.972. The Balaban J connectivity index is 0.000000198. The van der Waals surface area contributed by atoms with Gasteiger partial charge in [-0.2, -0.15) is 0 Å². The Morgan fingerprint density at radius 1 is 1.21 bits per heavy atom. The van der Waals surface area contributed by atoms with Gasteiger partial charge in [0, 0.05) is 35.3 Å². The molecule has 0 aliphatic rings. The van der Waals surface area contributed by atoms with E-state index in [0.717, 1.165) is 16.5 Å². The minimum Gasteiger partial charge on any atom is -0.480 e. The second-order valence-corrected chi connectivity index (χ2v) is 5.26. The smallest absolute Gasteiger partial charge is 0.325 e. The Kier molecular flexibility index (Phi) is 5.33. The molecule has 1 aromatic carbocycles. The molecule has 1 atom stereocenters. The first-order valence-corrected chi connectivity index (χ1v) is 7.20. The van der Waals surface area contributed by atoms with E-state index in [4.69, 9.17) is 10.8 Å². The lowest BCUT2D eigenvalue weighted by Crippen LogP contribution is -2.32. The number of benzene rings is 1. The van der Waals surface area contributed by atoms with Crippen molar-refractivity contribution in [1.82, 2.24) is 15.0 Å². The summed E-state index contributed by atoms with van der Waals surface area (Å²) in [4.78, 5) is 39.0. The van der Waals surface area contributed by atoms with Crippen LogP contribution >= 0.6 is 0 Å². The summed E-state index contributed by atoms with van der Waals surface area (Å²) in [6, 6.07) is 6.91. The Bertz CT molecular complexity index is 954. The molecule has 126 valence electrons. The van der Waals surface area contributed by atoms with Crippen LogP contribution in [-0.4, -0.2) is 32.1 Å². The van der Waals surface area contributed by atoms with Gasteiger partial charge in [-0.1, -0.05) is 18.2 Å². The third kappa shape index (κ3) is 4.20. The van der Waals surface area contributed by atoms with Crippen LogP contribution in [0.5, 0.6) is 0 Å². The maximum absolute atomic E-state index is 10.6. The molecule has 0 saturated heterocycles. The molecule has 2 aromatic heterocycles. The summed E-state index contributed by atoms with van der Waals surface area (Å²) in [6.07, 6.45) is 3.54. The van der Waals surface area contributed by atoms with Crippen LogP contribution in [0.25, 0.3) is 10.9 Å². The fourth-order valence-electron chi connectivity index (χ4n) is 2.10. The summed E-state index contributed by atoms with van der Waals surface area (Å²) in [5, 5.41) is 9.75. The van der Waals surface area contributed by atoms with Crippen molar-refractivity contribution in [3.63, 3.8) is 0 Å². The average Bonchev–Trinajstić information content (AvgIpc) is 2.95. The third-order valence-electron chi connectivity index (χ3n) is 3.44. The number of carboxylic acid groups (broad SMARTS) is 1. The number of fused-ring (bicyclic) bond motifs is 1. The molecule has 3 rings (SSSR count). The number of aromatic amines is 3. The molecule has 0 aliphatic heterocycles. The normalized spacial score (nSPS) is 11.6. The Morgan fingerprint density at radius 3 is 2.54 bits per heavy atom. The van der Waals surface area contributed by atoms with Crippen LogP contribution in [0.1, 0.15) is 11.1 Å². The fraction of sp³-hybridized carbons (Fsp3) is 0.188. The summed E-state index contributed by atoms with van der Waals surface area (Å²) in [5.41, 5.74) is 7.14. The zero-order valence-corrected chi connectivity index (χ0v) is 13.0. The molecule has 2 heterocycles. The molecule has 3 aromatic rings. The summed E-state index contributed by atoms with van der Waals surface area (Å²) < 4.78 is 0. The van der Waals surface area contributed by atoms with Gasteiger partial charge in [0.05, 0.1) is 0 Å². The van der Waals surface area contributed by atoms with Gasteiger partial charge in [-0.15, -0.1) is 0 Å². The summed E-state index contributed by atoms with van der Waals surface area (Å²) in [6.45, 7) is 1.62. The molecule has 0 radical (unpaired) electrons. The van der Waals surface area contributed by atoms with Gasteiger partial charge in [0.2, 0.25) is 0 Å². The number of aliphatic carboxylic acids is 1. The number of nitrogens with one attached hydrogen (secondary N) is 3. The minimum absolute atomic E-state index is 0.334. The highest BCUT2D eigenvalue weighted by molar-refractivity contribution is 5.84. The standard InChI is InChI=1S/C11H12N2O2.C5H6N2O2/c12-9(11(14)15)5-7-6-13-10-4-2-1-3-8(7)10;1-3-2-6-5(9)7-4(3)8/h1-4,6,9,13H,5,12H2,(H,14,15);2H,1H3,(H2,6,7,8,9)/t9-;/m0./s1. The lowest BCUT2D eigenvalue weighted by atomic mass is 10.1. The van der Waals surface area contributed by atoms with Crippen LogP contribution in [0, 0.1) is 6.92 Å². The van der Waals surface area contributed by atoms with Gasteiger partial charge in [0.1, 0.15) is 6.04 Å². The van der Waals surface area contributed by atoms with E-state index in [1.54, 1.807) is 6.92 Å². The second kappa shape index (κ2) is 7.42. The van der Waals surface area contributed by atoms with Crippen LogP contribution in [0.2, 0.25) is 0 Å². The van der Waals surface area contributed by atoms with Crippen LogP contribution < -0.4 is 17.0 Å². The van der Waals surface area contributed by atoms with Crippen molar-refractivity contribution in [2.45, 2.75) is 19.4 Å². The van der Waals surface area contributed by atoms with Crippen LogP contribution in [0.4, 0.5) is 0 Å². The monoisotopic (exact) mass is 330 g/mol. The lowest BCUT2D eigenvalue weighted by molar-refractivity contribution is -0.138. The molecule has 24 heavy (non-hydrogen) atoms. The van der Waals surface area contributed by atoms with Crippen molar-refractivity contribution in [2.24, 2.45) is 5.73 Å². The molecular formula is C16H18N4O4. The number of carbonyl (C=O) groups is 1. The van der Waals surface area contributed by atoms with Gasteiger partial charge in [-0.05, 0) is 18.6 Å². The largest absolute Gasteiger partial charge is 0.480 e. The van der Waals surface area contributed by atoms with Crippen LogP contribution in [0.3, 0.4) is 0 Å². The number of hydrogen-bond donors (Lipinski definition) is 5. The molecule has 0 spiro atoms. The SMILES string of the molecule is Cc1c[nH]c(=O)[nH]c1=O.N[C@@H](Cc1c[nH]c2ccccc12)C(=O)O. The Morgan fingerprint density at radius 2 is 1.92 bits per heavy atom. The lowest BCUT2D eigenvalue weighted by Gasteiger charge is -2.04. The van der Waals surface area contributed by atoms with E-state index in [-0.39, 0.29) is 5.56 Å². The van der Waals surface area contributed by atoms with E-state index in [2.05, 4.69) is 15.0 Å².